The first-order valence-electron chi connectivity index (χ1n) is 3.92. The monoisotopic (exact) mass is 167 g/mol. The van der Waals surface area contributed by atoms with Crippen LogP contribution < -0.4 is 5.73 Å². The van der Waals surface area contributed by atoms with Crippen LogP contribution >= 0.6 is 0 Å². The molecular weight excluding hydrogens is 154 g/mol. The zero-order valence-corrected chi connectivity index (χ0v) is 7.37. The van der Waals surface area contributed by atoms with E-state index in [9.17, 15) is 0 Å². The Labute approximate surface area is 71.5 Å². The van der Waals surface area contributed by atoms with Gasteiger partial charge in [-0.3, -0.25) is 4.99 Å². The molecule has 1 aromatic rings. The van der Waals surface area contributed by atoms with Crippen molar-refractivity contribution in [2.75, 3.05) is 0 Å². The Kier molecular flexibility index (Phi) is 2.85. The van der Waals surface area contributed by atoms with E-state index in [1.165, 1.54) is 0 Å². The van der Waals surface area contributed by atoms with Crippen LogP contribution in [0, 0.1) is 0 Å². The molecule has 0 saturated heterocycles. The van der Waals surface area contributed by atoms with E-state index < -0.39 is 0 Å². The number of aromatic nitrogens is 1. The Balaban J connectivity index is 2.58. The average Bonchev–Trinajstić information content (AvgIpc) is 2.48. The van der Waals surface area contributed by atoms with Crippen LogP contribution in [0.4, 0.5) is 0 Å². The highest BCUT2D eigenvalue weighted by Gasteiger charge is 1.99. The summed E-state index contributed by atoms with van der Waals surface area (Å²) in [7, 11) is 0. The van der Waals surface area contributed by atoms with E-state index in [-0.39, 0.29) is 0 Å². The van der Waals surface area contributed by atoms with Crippen molar-refractivity contribution in [2.45, 2.75) is 26.8 Å². The van der Waals surface area contributed by atoms with E-state index in [1.807, 2.05) is 6.92 Å². The second-order valence-electron chi connectivity index (χ2n) is 2.53. The van der Waals surface area contributed by atoms with Gasteiger partial charge in [0.15, 0.2) is 0 Å². The Bertz CT molecular complexity index is 274. The molecule has 0 unspecified atom stereocenters. The van der Waals surface area contributed by atoms with Gasteiger partial charge in [-0.2, -0.15) is 0 Å². The Morgan fingerprint density at radius 1 is 1.75 bits per heavy atom. The largest absolute Gasteiger partial charge is 0.444 e. The molecule has 1 rings (SSSR count). The third-order valence-corrected chi connectivity index (χ3v) is 1.41. The second kappa shape index (κ2) is 3.90. The molecule has 12 heavy (non-hydrogen) atoms. The van der Waals surface area contributed by atoms with E-state index in [4.69, 9.17) is 10.2 Å². The lowest BCUT2D eigenvalue weighted by molar-refractivity contribution is 0.461. The van der Waals surface area contributed by atoms with E-state index in [0.717, 1.165) is 12.2 Å². The molecule has 4 heteroatoms. The Morgan fingerprint density at radius 3 is 3.00 bits per heavy atom. The lowest BCUT2D eigenvalue weighted by atomic mass is 10.4. The van der Waals surface area contributed by atoms with Gasteiger partial charge >= 0.3 is 0 Å². The van der Waals surface area contributed by atoms with Gasteiger partial charge in [-0.1, -0.05) is 6.92 Å². The normalized spacial score (nSPS) is 12.0. The number of amidine groups is 1. The van der Waals surface area contributed by atoms with Crippen LogP contribution in [0.1, 0.15) is 25.5 Å². The molecule has 0 fully saturated rings. The number of nitrogens with zero attached hydrogens (tertiary/aromatic N) is 2. The summed E-state index contributed by atoms with van der Waals surface area (Å²) >= 11 is 0. The van der Waals surface area contributed by atoms with Gasteiger partial charge in [-0.25, -0.2) is 4.98 Å². The van der Waals surface area contributed by atoms with Gasteiger partial charge in [0.2, 0.25) is 5.89 Å². The number of nitrogens with two attached hydrogens (primary N) is 1. The van der Waals surface area contributed by atoms with Crippen molar-refractivity contribution in [2.24, 2.45) is 10.7 Å². The highest BCUT2D eigenvalue weighted by Crippen LogP contribution is 2.04. The fourth-order valence-electron chi connectivity index (χ4n) is 0.777. The molecule has 0 aromatic carbocycles. The molecule has 0 aliphatic rings. The summed E-state index contributed by atoms with van der Waals surface area (Å²) in [6.45, 7) is 4.19. The SMILES string of the molecule is CCc1cnc(CN=C(C)N)o1. The Hall–Kier alpha value is -1.32. The third kappa shape index (κ3) is 2.38. The van der Waals surface area contributed by atoms with E-state index in [0.29, 0.717) is 18.3 Å². The summed E-state index contributed by atoms with van der Waals surface area (Å²) in [5.74, 6) is 2.05. The number of rotatable bonds is 3. The first kappa shape index (κ1) is 8.77. The van der Waals surface area contributed by atoms with Crippen molar-refractivity contribution >= 4 is 5.84 Å². The fraction of sp³-hybridized carbons (Fsp3) is 0.500. The highest BCUT2D eigenvalue weighted by atomic mass is 16.4. The smallest absolute Gasteiger partial charge is 0.216 e. The fourth-order valence-corrected chi connectivity index (χ4v) is 0.777. The van der Waals surface area contributed by atoms with Crippen LogP contribution in [0.3, 0.4) is 0 Å². The molecule has 0 aliphatic heterocycles. The summed E-state index contributed by atoms with van der Waals surface area (Å²) in [6.07, 6.45) is 2.58. The average molecular weight is 167 g/mol. The number of aliphatic imine (C=N–C) groups is 1. The summed E-state index contributed by atoms with van der Waals surface area (Å²) in [5, 5.41) is 0. The van der Waals surface area contributed by atoms with Gasteiger partial charge in [0.25, 0.3) is 0 Å². The molecule has 1 heterocycles. The zero-order valence-electron chi connectivity index (χ0n) is 7.37. The van der Waals surface area contributed by atoms with Gasteiger partial charge in [0.05, 0.1) is 12.0 Å². The third-order valence-electron chi connectivity index (χ3n) is 1.41. The van der Waals surface area contributed by atoms with Crippen molar-refractivity contribution in [3.8, 4) is 0 Å². The number of hydrogen-bond donors (Lipinski definition) is 1. The molecule has 2 N–H and O–H groups in total. The van der Waals surface area contributed by atoms with Crippen LogP contribution in [-0.2, 0) is 13.0 Å². The van der Waals surface area contributed by atoms with E-state index >= 15 is 0 Å². The Morgan fingerprint density at radius 2 is 2.50 bits per heavy atom. The van der Waals surface area contributed by atoms with Crippen LogP contribution in [0.5, 0.6) is 0 Å². The number of aryl methyl sites for hydroxylation is 1. The maximum Gasteiger partial charge on any atom is 0.216 e. The molecule has 0 amide bonds. The molecule has 0 radical (unpaired) electrons. The molecule has 0 spiro atoms. The predicted octanol–water partition coefficient (Wildman–Crippen LogP) is 1.11. The van der Waals surface area contributed by atoms with Crippen LogP contribution in [-0.4, -0.2) is 10.8 Å². The topological polar surface area (TPSA) is 64.4 Å². The summed E-state index contributed by atoms with van der Waals surface area (Å²) in [5.41, 5.74) is 5.36. The zero-order chi connectivity index (χ0) is 8.97. The molecule has 0 bridgehead atoms. The summed E-state index contributed by atoms with van der Waals surface area (Å²) < 4.78 is 5.31. The lowest BCUT2D eigenvalue weighted by Crippen LogP contribution is -2.05. The maximum absolute atomic E-state index is 5.36. The summed E-state index contributed by atoms with van der Waals surface area (Å²) in [4.78, 5) is 8.01. The van der Waals surface area contributed by atoms with Crippen molar-refractivity contribution in [1.29, 1.82) is 0 Å². The number of hydrogen-bond acceptors (Lipinski definition) is 3. The standard InChI is InChI=1S/C8H13N3O/c1-3-7-4-11-8(12-7)5-10-6(2)9/h4H,3,5H2,1-2H3,(H2,9,10). The molecule has 66 valence electrons. The lowest BCUT2D eigenvalue weighted by Gasteiger charge is -1.89. The van der Waals surface area contributed by atoms with Crippen molar-refractivity contribution in [1.82, 2.24) is 4.98 Å². The maximum atomic E-state index is 5.36. The molecule has 0 atom stereocenters. The van der Waals surface area contributed by atoms with Crippen LogP contribution in [0.2, 0.25) is 0 Å². The van der Waals surface area contributed by atoms with Gasteiger partial charge in [-0.05, 0) is 6.92 Å². The number of oxazole rings is 1. The van der Waals surface area contributed by atoms with Gasteiger partial charge < -0.3 is 10.2 Å². The van der Waals surface area contributed by atoms with Crippen molar-refractivity contribution in [3.05, 3.63) is 17.8 Å². The van der Waals surface area contributed by atoms with Crippen LogP contribution in [0.15, 0.2) is 15.6 Å². The van der Waals surface area contributed by atoms with E-state index in [2.05, 4.69) is 9.98 Å². The molecule has 4 nitrogen and oxygen atoms in total. The second-order valence-corrected chi connectivity index (χ2v) is 2.53. The quantitative estimate of drug-likeness (QED) is 0.541. The van der Waals surface area contributed by atoms with Crippen molar-refractivity contribution in [3.63, 3.8) is 0 Å². The highest BCUT2D eigenvalue weighted by molar-refractivity contribution is 5.77. The minimum atomic E-state index is 0.433. The van der Waals surface area contributed by atoms with Gasteiger partial charge in [0.1, 0.15) is 12.3 Å². The van der Waals surface area contributed by atoms with Crippen LogP contribution in [0.25, 0.3) is 0 Å². The van der Waals surface area contributed by atoms with Gasteiger partial charge in [0, 0.05) is 6.42 Å². The molecule has 0 aliphatic carbocycles. The summed E-state index contributed by atoms with van der Waals surface area (Å²) in [6, 6.07) is 0. The first-order valence-corrected chi connectivity index (χ1v) is 3.92. The molecular formula is C8H13N3O. The van der Waals surface area contributed by atoms with Crippen molar-refractivity contribution < 1.29 is 4.42 Å². The molecule has 1 aromatic heterocycles. The first-order chi connectivity index (χ1) is 5.72. The van der Waals surface area contributed by atoms with Gasteiger partial charge in [-0.15, -0.1) is 0 Å². The minimum Gasteiger partial charge on any atom is -0.444 e. The predicted molar refractivity (Wildman–Crippen MR) is 46.9 cm³/mol. The van der Waals surface area contributed by atoms with E-state index in [1.54, 1.807) is 13.1 Å². The minimum absolute atomic E-state index is 0.433. The molecule has 0 saturated carbocycles.